The third-order valence-corrected chi connectivity index (χ3v) is 4.37. The Labute approximate surface area is 111 Å². The lowest BCUT2D eigenvalue weighted by Crippen LogP contribution is -2.41. The number of ether oxygens (including phenoxy) is 1. The topological polar surface area (TPSA) is 12.5 Å². The number of likely N-dealkylation sites (tertiary alicyclic amines) is 1. The van der Waals surface area contributed by atoms with Gasteiger partial charge >= 0.3 is 0 Å². The molecule has 0 N–H and O–H groups in total. The van der Waals surface area contributed by atoms with Crippen LogP contribution in [0.5, 0.6) is 5.75 Å². The number of alkyl halides is 1. The second-order valence-electron chi connectivity index (χ2n) is 5.05. The molecule has 0 aromatic heterocycles. The molecule has 17 heavy (non-hydrogen) atoms. The van der Waals surface area contributed by atoms with Gasteiger partial charge in [0.1, 0.15) is 11.9 Å². The molecule has 2 unspecified atom stereocenters. The van der Waals surface area contributed by atoms with Crippen LogP contribution in [0.3, 0.4) is 0 Å². The summed E-state index contributed by atoms with van der Waals surface area (Å²) in [5.41, 5.74) is 1.37. The van der Waals surface area contributed by atoms with E-state index >= 15 is 0 Å². The largest absolute Gasteiger partial charge is 0.488 e. The Morgan fingerprint density at radius 1 is 1.35 bits per heavy atom. The molecular weight excluding hydrogens is 278 g/mol. The van der Waals surface area contributed by atoms with Crippen LogP contribution >= 0.6 is 15.9 Å². The standard InChI is InChI=1S/C14H18BrNO/c15-12-5-3-7-16(9-12)10-13-8-11-4-1-2-6-14(11)17-13/h1-2,4,6,12-13H,3,5,7-10H2. The predicted molar refractivity (Wildman–Crippen MR) is 73.0 cm³/mol. The molecule has 0 bridgehead atoms. The zero-order valence-electron chi connectivity index (χ0n) is 9.94. The Hall–Kier alpha value is -0.540. The number of halogens is 1. The molecule has 1 saturated heterocycles. The van der Waals surface area contributed by atoms with Crippen molar-refractivity contribution in [2.45, 2.75) is 30.2 Å². The Bertz CT molecular complexity index is 371. The maximum absolute atomic E-state index is 5.99. The summed E-state index contributed by atoms with van der Waals surface area (Å²) in [5.74, 6) is 1.09. The van der Waals surface area contributed by atoms with Crippen molar-refractivity contribution in [3.8, 4) is 5.75 Å². The van der Waals surface area contributed by atoms with Gasteiger partial charge in [0.05, 0.1) is 0 Å². The zero-order chi connectivity index (χ0) is 11.7. The second-order valence-corrected chi connectivity index (χ2v) is 6.35. The van der Waals surface area contributed by atoms with E-state index < -0.39 is 0 Å². The van der Waals surface area contributed by atoms with E-state index in [1.54, 1.807) is 0 Å². The van der Waals surface area contributed by atoms with Crippen LogP contribution in [0.2, 0.25) is 0 Å². The zero-order valence-corrected chi connectivity index (χ0v) is 11.5. The lowest BCUT2D eigenvalue weighted by atomic mass is 10.1. The Kier molecular flexibility index (Phi) is 3.39. The summed E-state index contributed by atoms with van der Waals surface area (Å²) >= 11 is 3.72. The van der Waals surface area contributed by atoms with E-state index in [1.165, 1.54) is 24.9 Å². The highest BCUT2D eigenvalue weighted by Crippen LogP contribution is 2.29. The number of hydrogen-bond acceptors (Lipinski definition) is 2. The van der Waals surface area contributed by atoms with E-state index in [0.29, 0.717) is 10.9 Å². The molecule has 2 aliphatic rings. The van der Waals surface area contributed by atoms with Gasteiger partial charge in [-0.2, -0.15) is 0 Å². The number of para-hydroxylation sites is 1. The van der Waals surface area contributed by atoms with Gasteiger partial charge in [0.25, 0.3) is 0 Å². The van der Waals surface area contributed by atoms with E-state index in [2.05, 4.69) is 45.1 Å². The first-order valence-corrected chi connectivity index (χ1v) is 7.34. The molecule has 2 nitrogen and oxygen atoms in total. The van der Waals surface area contributed by atoms with Crippen molar-refractivity contribution in [2.75, 3.05) is 19.6 Å². The normalized spacial score (nSPS) is 28.8. The van der Waals surface area contributed by atoms with E-state index in [4.69, 9.17) is 4.74 Å². The van der Waals surface area contributed by atoms with Crippen LogP contribution in [0.4, 0.5) is 0 Å². The molecular formula is C14H18BrNO. The molecule has 92 valence electrons. The first-order chi connectivity index (χ1) is 8.31. The van der Waals surface area contributed by atoms with Crippen LogP contribution < -0.4 is 4.74 Å². The number of piperidine rings is 1. The monoisotopic (exact) mass is 295 g/mol. The fourth-order valence-corrected chi connectivity index (χ4v) is 3.54. The molecule has 0 spiro atoms. The molecule has 1 fully saturated rings. The molecule has 1 aromatic rings. The Morgan fingerprint density at radius 2 is 2.24 bits per heavy atom. The van der Waals surface area contributed by atoms with E-state index in [-0.39, 0.29) is 0 Å². The van der Waals surface area contributed by atoms with Gasteiger partial charge in [-0.25, -0.2) is 0 Å². The van der Waals surface area contributed by atoms with E-state index in [1.807, 2.05) is 0 Å². The molecule has 2 aliphatic heterocycles. The highest BCUT2D eigenvalue weighted by molar-refractivity contribution is 9.09. The van der Waals surface area contributed by atoms with Crippen molar-refractivity contribution in [2.24, 2.45) is 0 Å². The van der Waals surface area contributed by atoms with Crippen LogP contribution in [0.25, 0.3) is 0 Å². The lowest BCUT2D eigenvalue weighted by molar-refractivity contribution is 0.137. The van der Waals surface area contributed by atoms with Gasteiger partial charge in [0.2, 0.25) is 0 Å². The van der Waals surface area contributed by atoms with Crippen LogP contribution in [0.1, 0.15) is 18.4 Å². The second kappa shape index (κ2) is 4.99. The molecule has 2 heterocycles. The molecule has 0 aliphatic carbocycles. The van der Waals surface area contributed by atoms with Gasteiger partial charge in [-0.05, 0) is 31.0 Å². The Morgan fingerprint density at radius 3 is 3.06 bits per heavy atom. The number of rotatable bonds is 2. The van der Waals surface area contributed by atoms with Gasteiger partial charge in [0.15, 0.2) is 0 Å². The van der Waals surface area contributed by atoms with Crippen LogP contribution in [0, 0.1) is 0 Å². The number of nitrogens with zero attached hydrogens (tertiary/aromatic N) is 1. The lowest BCUT2D eigenvalue weighted by Gasteiger charge is -2.31. The van der Waals surface area contributed by atoms with Gasteiger partial charge in [-0.15, -0.1) is 0 Å². The molecule has 0 radical (unpaired) electrons. The van der Waals surface area contributed by atoms with Gasteiger partial charge in [-0.1, -0.05) is 34.1 Å². The molecule has 3 heteroatoms. The molecule has 3 rings (SSSR count). The van der Waals surface area contributed by atoms with Crippen molar-refractivity contribution < 1.29 is 4.74 Å². The average molecular weight is 296 g/mol. The van der Waals surface area contributed by atoms with Crippen molar-refractivity contribution in [3.63, 3.8) is 0 Å². The number of hydrogen-bond donors (Lipinski definition) is 0. The minimum absolute atomic E-state index is 0.352. The van der Waals surface area contributed by atoms with E-state index in [9.17, 15) is 0 Å². The SMILES string of the molecule is BrC1CCCN(CC2Cc3ccccc3O2)C1. The van der Waals surface area contributed by atoms with Crippen molar-refractivity contribution >= 4 is 15.9 Å². The highest BCUT2D eigenvalue weighted by Gasteiger charge is 2.26. The minimum atomic E-state index is 0.352. The minimum Gasteiger partial charge on any atom is -0.488 e. The average Bonchev–Trinajstić information content (AvgIpc) is 2.71. The summed E-state index contributed by atoms with van der Waals surface area (Å²) in [6.45, 7) is 3.45. The van der Waals surface area contributed by atoms with Crippen LogP contribution in [-0.2, 0) is 6.42 Å². The summed E-state index contributed by atoms with van der Waals surface area (Å²) in [6, 6.07) is 8.41. The smallest absolute Gasteiger partial charge is 0.123 e. The fourth-order valence-electron chi connectivity index (χ4n) is 2.81. The van der Waals surface area contributed by atoms with Crippen LogP contribution in [-0.4, -0.2) is 35.5 Å². The van der Waals surface area contributed by atoms with Crippen molar-refractivity contribution in [3.05, 3.63) is 29.8 Å². The molecule has 1 aromatic carbocycles. The summed E-state index contributed by atoms with van der Waals surface area (Å²) in [5, 5.41) is 0. The number of benzene rings is 1. The maximum atomic E-state index is 5.99. The Balaban J connectivity index is 1.58. The van der Waals surface area contributed by atoms with Crippen molar-refractivity contribution in [1.82, 2.24) is 4.90 Å². The quantitative estimate of drug-likeness (QED) is 0.778. The first kappa shape index (κ1) is 11.5. The number of fused-ring (bicyclic) bond motifs is 1. The summed E-state index contributed by atoms with van der Waals surface area (Å²) in [7, 11) is 0. The summed E-state index contributed by atoms with van der Waals surface area (Å²) < 4.78 is 5.99. The molecule has 2 atom stereocenters. The van der Waals surface area contributed by atoms with Crippen molar-refractivity contribution in [1.29, 1.82) is 0 Å². The first-order valence-electron chi connectivity index (χ1n) is 6.42. The van der Waals surface area contributed by atoms with E-state index in [0.717, 1.165) is 25.3 Å². The highest BCUT2D eigenvalue weighted by atomic mass is 79.9. The fraction of sp³-hybridized carbons (Fsp3) is 0.571. The third-order valence-electron chi connectivity index (χ3n) is 3.62. The van der Waals surface area contributed by atoms with Crippen LogP contribution in [0.15, 0.2) is 24.3 Å². The maximum Gasteiger partial charge on any atom is 0.123 e. The summed E-state index contributed by atoms with van der Waals surface area (Å²) in [6.07, 6.45) is 4.03. The predicted octanol–water partition coefficient (Wildman–Crippen LogP) is 2.85. The molecule has 0 saturated carbocycles. The summed E-state index contributed by atoms with van der Waals surface area (Å²) in [4.78, 5) is 3.19. The van der Waals surface area contributed by atoms with Gasteiger partial charge < -0.3 is 4.74 Å². The third kappa shape index (κ3) is 2.66. The van der Waals surface area contributed by atoms with Gasteiger partial charge in [0, 0.05) is 24.3 Å². The van der Waals surface area contributed by atoms with Gasteiger partial charge in [-0.3, -0.25) is 4.90 Å². The molecule has 0 amide bonds.